The third-order valence-electron chi connectivity index (χ3n) is 3.66. The molecule has 3 N–H and O–H groups in total. The number of rotatable bonds is 5. The van der Waals surface area contributed by atoms with Gasteiger partial charge in [-0.2, -0.15) is 0 Å². The third-order valence-corrected chi connectivity index (χ3v) is 3.66. The van der Waals surface area contributed by atoms with Crippen molar-refractivity contribution in [2.75, 3.05) is 0 Å². The molecule has 0 aliphatic carbocycles. The summed E-state index contributed by atoms with van der Waals surface area (Å²) in [6.45, 7) is 1.86. The van der Waals surface area contributed by atoms with Crippen molar-refractivity contribution < 1.29 is 14.3 Å². The summed E-state index contributed by atoms with van der Waals surface area (Å²) in [6.07, 6.45) is 2.99. The summed E-state index contributed by atoms with van der Waals surface area (Å²) >= 11 is 0. The maximum atomic E-state index is 12.4. The van der Waals surface area contributed by atoms with Crippen molar-refractivity contribution in [2.24, 2.45) is 0 Å². The molecule has 1 amide bonds. The second-order valence-corrected chi connectivity index (χ2v) is 5.39. The first kappa shape index (κ1) is 14.4. The van der Waals surface area contributed by atoms with E-state index in [1.165, 1.54) is 6.26 Å². The molecule has 0 saturated heterocycles. The predicted octanol–water partition coefficient (Wildman–Crippen LogP) is 3.00. The van der Waals surface area contributed by atoms with Gasteiger partial charge in [-0.15, -0.1) is 0 Å². The molecule has 2 unspecified atom stereocenters. The van der Waals surface area contributed by atoms with Gasteiger partial charge in [-0.25, -0.2) is 0 Å². The lowest BCUT2D eigenvalue weighted by atomic mass is 10.1. The van der Waals surface area contributed by atoms with E-state index in [9.17, 15) is 9.90 Å². The minimum atomic E-state index is -0.730. The van der Waals surface area contributed by atoms with Crippen LogP contribution >= 0.6 is 0 Å². The molecule has 0 bridgehead atoms. The number of hydrogen-bond acceptors (Lipinski definition) is 3. The number of amides is 1. The Bertz CT molecular complexity index is 761. The molecule has 5 nitrogen and oxygen atoms in total. The quantitative estimate of drug-likeness (QED) is 0.677. The van der Waals surface area contributed by atoms with Gasteiger partial charge in [0.15, 0.2) is 0 Å². The summed E-state index contributed by atoms with van der Waals surface area (Å²) in [5.41, 5.74) is 1.42. The molecule has 0 aliphatic heterocycles. The topological polar surface area (TPSA) is 78.3 Å². The van der Waals surface area contributed by atoms with Crippen molar-refractivity contribution in [3.8, 4) is 0 Å². The lowest BCUT2D eigenvalue weighted by Crippen LogP contribution is -2.33. The highest BCUT2D eigenvalue weighted by atomic mass is 16.4. The number of nitrogens with one attached hydrogen (secondary N) is 2. The van der Waals surface area contributed by atoms with E-state index in [1.807, 2.05) is 31.3 Å². The molecule has 2 heterocycles. The van der Waals surface area contributed by atoms with Crippen LogP contribution < -0.4 is 5.32 Å². The first-order valence-corrected chi connectivity index (χ1v) is 7.23. The van der Waals surface area contributed by atoms with Gasteiger partial charge >= 0.3 is 0 Å². The molecule has 114 valence electrons. The molecular weight excluding hydrogens is 280 g/mol. The van der Waals surface area contributed by atoms with Crippen molar-refractivity contribution in [3.05, 3.63) is 60.2 Å². The molecular formula is C17H18N2O3. The number of fused-ring (bicyclic) bond motifs is 1. The van der Waals surface area contributed by atoms with Crippen molar-refractivity contribution >= 4 is 16.8 Å². The van der Waals surface area contributed by atoms with Crippen LogP contribution in [0.25, 0.3) is 10.9 Å². The average Bonchev–Trinajstić information content (AvgIpc) is 3.17. The van der Waals surface area contributed by atoms with E-state index in [2.05, 4.69) is 10.3 Å². The highest BCUT2D eigenvalue weighted by molar-refractivity contribution is 6.05. The Morgan fingerprint density at radius 3 is 2.95 bits per heavy atom. The smallest absolute Gasteiger partial charge is 0.253 e. The van der Waals surface area contributed by atoms with Crippen molar-refractivity contribution in [2.45, 2.75) is 25.5 Å². The largest absolute Gasteiger partial charge is 0.467 e. The van der Waals surface area contributed by atoms with Crippen LogP contribution in [0.5, 0.6) is 0 Å². The molecule has 2 atom stereocenters. The van der Waals surface area contributed by atoms with E-state index in [1.54, 1.807) is 18.2 Å². The normalized spacial score (nSPS) is 13.9. The predicted molar refractivity (Wildman–Crippen MR) is 83.5 cm³/mol. The molecule has 0 saturated carbocycles. The Morgan fingerprint density at radius 1 is 1.32 bits per heavy atom. The van der Waals surface area contributed by atoms with Gasteiger partial charge in [-0.1, -0.05) is 12.1 Å². The zero-order chi connectivity index (χ0) is 15.5. The number of aliphatic hydroxyl groups is 1. The monoisotopic (exact) mass is 298 g/mol. The second kappa shape index (κ2) is 6.07. The van der Waals surface area contributed by atoms with Gasteiger partial charge in [-0.05, 0) is 31.2 Å². The van der Waals surface area contributed by atoms with Crippen LogP contribution in [-0.2, 0) is 0 Å². The van der Waals surface area contributed by atoms with Gasteiger partial charge in [0.2, 0.25) is 0 Å². The fourth-order valence-electron chi connectivity index (χ4n) is 2.57. The molecule has 0 radical (unpaired) electrons. The van der Waals surface area contributed by atoms with Crippen LogP contribution in [0, 0.1) is 0 Å². The summed E-state index contributed by atoms with van der Waals surface area (Å²) in [5, 5.41) is 14.0. The molecule has 5 heteroatoms. The second-order valence-electron chi connectivity index (χ2n) is 5.39. The summed E-state index contributed by atoms with van der Waals surface area (Å²) in [6, 6.07) is 10.8. The van der Waals surface area contributed by atoms with Crippen LogP contribution in [-0.4, -0.2) is 22.0 Å². The van der Waals surface area contributed by atoms with E-state index in [0.29, 0.717) is 17.7 Å². The number of carbonyl (C=O) groups excluding carboxylic acids is 1. The molecule has 0 aliphatic rings. The number of aromatic amines is 1. The lowest BCUT2D eigenvalue weighted by molar-refractivity contribution is 0.0904. The molecule has 22 heavy (non-hydrogen) atoms. The fraction of sp³-hybridized carbons (Fsp3) is 0.235. The van der Waals surface area contributed by atoms with E-state index in [-0.39, 0.29) is 11.9 Å². The van der Waals surface area contributed by atoms with E-state index in [4.69, 9.17) is 4.42 Å². The Balaban J connectivity index is 1.67. The van der Waals surface area contributed by atoms with Crippen molar-refractivity contribution in [3.63, 3.8) is 0 Å². The first-order chi connectivity index (χ1) is 10.6. The van der Waals surface area contributed by atoms with E-state index >= 15 is 0 Å². The number of aliphatic hydroxyl groups excluding tert-OH is 1. The van der Waals surface area contributed by atoms with Gasteiger partial charge in [0, 0.05) is 24.0 Å². The van der Waals surface area contributed by atoms with Crippen LogP contribution in [0.1, 0.15) is 35.6 Å². The van der Waals surface area contributed by atoms with Crippen LogP contribution in [0.3, 0.4) is 0 Å². The maximum absolute atomic E-state index is 12.4. The summed E-state index contributed by atoms with van der Waals surface area (Å²) in [5.74, 6) is 0.347. The Kier molecular flexibility index (Phi) is 3.98. The zero-order valence-corrected chi connectivity index (χ0v) is 12.2. The van der Waals surface area contributed by atoms with Gasteiger partial charge in [0.05, 0.1) is 17.3 Å². The molecule has 1 aromatic carbocycles. The SMILES string of the molecule is CC(CC(O)c1ccco1)NC(=O)c1cccc2cc[nH]c12. The highest BCUT2D eigenvalue weighted by Crippen LogP contribution is 2.20. The number of H-pyrrole nitrogens is 1. The maximum Gasteiger partial charge on any atom is 0.253 e. The third kappa shape index (κ3) is 2.89. The van der Waals surface area contributed by atoms with Crippen molar-refractivity contribution in [1.29, 1.82) is 0 Å². The van der Waals surface area contributed by atoms with Gasteiger partial charge in [-0.3, -0.25) is 4.79 Å². The molecule has 0 fully saturated rings. The highest BCUT2D eigenvalue weighted by Gasteiger charge is 2.18. The van der Waals surface area contributed by atoms with Crippen LogP contribution in [0.2, 0.25) is 0 Å². The van der Waals surface area contributed by atoms with Crippen molar-refractivity contribution in [1.82, 2.24) is 10.3 Å². The number of carbonyl (C=O) groups is 1. The van der Waals surface area contributed by atoms with Gasteiger partial charge in [0.25, 0.3) is 5.91 Å². The standard InChI is InChI=1S/C17H18N2O3/c1-11(10-14(20)15-6-3-9-22-15)19-17(21)13-5-2-4-12-7-8-18-16(12)13/h2-9,11,14,18,20H,10H2,1H3,(H,19,21). The van der Waals surface area contributed by atoms with E-state index in [0.717, 1.165) is 10.9 Å². The summed E-state index contributed by atoms with van der Waals surface area (Å²) in [7, 11) is 0. The summed E-state index contributed by atoms with van der Waals surface area (Å²) < 4.78 is 5.17. The number of para-hydroxylation sites is 1. The fourth-order valence-corrected chi connectivity index (χ4v) is 2.57. The molecule has 3 rings (SSSR count). The Morgan fingerprint density at radius 2 is 2.18 bits per heavy atom. The van der Waals surface area contributed by atoms with Gasteiger partial charge in [0.1, 0.15) is 11.9 Å². The number of benzene rings is 1. The zero-order valence-electron chi connectivity index (χ0n) is 12.2. The van der Waals surface area contributed by atoms with Crippen LogP contribution in [0.15, 0.2) is 53.3 Å². The van der Waals surface area contributed by atoms with E-state index < -0.39 is 6.10 Å². The Labute approximate surface area is 128 Å². The number of aromatic nitrogens is 1. The summed E-state index contributed by atoms with van der Waals surface area (Å²) in [4.78, 5) is 15.5. The lowest BCUT2D eigenvalue weighted by Gasteiger charge is -2.17. The molecule has 3 aromatic rings. The first-order valence-electron chi connectivity index (χ1n) is 7.23. The average molecular weight is 298 g/mol. The Hall–Kier alpha value is -2.53. The molecule has 2 aromatic heterocycles. The van der Waals surface area contributed by atoms with Crippen LogP contribution in [0.4, 0.5) is 0 Å². The minimum absolute atomic E-state index is 0.160. The number of hydrogen-bond donors (Lipinski definition) is 3. The minimum Gasteiger partial charge on any atom is -0.467 e. The van der Waals surface area contributed by atoms with Gasteiger partial charge < -0.3 is 19.8 Å². The number of furan rings is 1. The molecule has 0 spiro atoms.